The van der Waals surface area contributed by atoms with E-state index < -0.39 is 5.97 Å². The van der Waals surface area contributed by atoms with E-state index in [0.29, 0.717) is 23.2 Å². The summed E-state index contributed by atoms with van der Waals surface area (Å²) < 4.78 is 1.63. The van der Waals surface area contributed by atoms with E-state index in [1.165, 1.54) is 0 Å². The van der Waals surface area contributed by atoms with Crippen LogP contribution < -0.4 is 0 Å². The van der Waals surface area contributed by atoms with Crippen molar-refractivity contribution in [3.05, 3.63) is 59.9 Å². The standard InChI is InChI=1S/C14H11N3O2/c15-9-11-3-1-4-12(7-11)13(8-14(18)19)10-17-6-2-5-16-17/h1-8H,10H2,(H,18,19). The average Bonchev–Trinajstić information content (AvgIpc) is 2.90. The van der Waals surface area contributed by atoms with Crippen molar-refractivity contribution in [2.75, 3.05) is 0 Å². The maximum absolute atomic E-state index is 10.9. The molecule has 1 aromatic carbocycles. The van der Waals surface area contributed by atoms with Crippen LogP contribution >= 0.6 is 0 Å². The number of carbonyl (C=O) groups is 1. The van der Waals surface area contributed by atoms with Gasteiger partial charge >= 0.3 is 5.97 Å². The van der Waals surface area contributed by atoms with Crippen LogP contribution in [0.4, 0.5) is 0 Å². The first-order valence-electron chi connectivity index (χ1n) is 5.60. The molecule has 1 N–H and O–H groups in total. The van der Waals surface area contributed by atoms with E-state index in [1.807, 2.05) is 6.07 Å². The summed E-state index contributed by atoms with van der Waals surface area (Å²) >= 11 is 0. The summed E-state index contributed by atoms with van der Waals surface area (Å²) in [6.07, 6.45) is 4.52. The molecule has 0 aliphatic rings. The number of nitriles is 1. The molecule has 0 saturated heterocycles. The highest BCUT2D eigenvalue weighted by Gasteiger charge is 2.06. The van der Waals surface area contributed by atoms with Crippen molar-refractivity contribution >= 4 is 11.5 Å². The third-order valence-corrected chi connectivity index (χ3v) is 2.55. The number of allylic oxidation sites excluding steroid dienone is 1. The Bertz CT molecular complexity index is 652. The number of aromatic nitrogens is 2. The van der Waals surface area contributed by atoms with Crippen molar-refractivity contribution in [1.82, 2.24) is 9.78 Å². The van der Waals surface area contributed by atoms with Gasteiger partial charge in [0.2, 0.25) is 0 Å². The van der Waals surface area contributed by atoms with Crippen molar-refractivity contribution in [2.45, 2.75) is 6.54 Å². The zero-order chi connectivity index (χ0) is 13.7. The lowest BCUT2D eigenvalue weighted by molar-refractivity contribution is -0.131. The van der Waals surface area contributed by atoms with Crippen LogP contribution in [-0.2, 0) is 11.3 Å². The second-order valence-corrected chi connectivity index (χ2v) is 3.90. The monoisotopic (exact) mass is 253 g/mol. The number of benzene rings is 1. The molecule has 19 heavy (non-hydrogen) atoms. The van der Waals surface area contributed by atoms with Crippen molar-refractivity contribution in [1.29, 1.82) is 5.26 Å². The third-order valence-electron chi connectivity index (χ3n) is 2.55. The first kappa shape index (κ1) is 12.6. The zero-order valence-electron chi connectivity index (χ0n) is 10.0. The molecule has 0 saturated carbocycles. The number of hydrogen-bond acceptors (Lipinski definition) is 3. The quantitative estimate of drug-likeness (QED) is 0.844. The number of rotatable bonds is 4. The average molecular weight is 253 g/mol. The van der Waals surface area contributed by atoms with Gasteiger partial charge in [0.1, 0.15) is 0 Å². The molecule has 5 nitrogen and oxygen atoms in total. The highest BCUT2D eigenvalue weighted by molar-refractivity contribution is 5.90. The molecule has 0 unspecified atom stereocenters. The van der Waals surface area contributed by atoms with Crippen LogP contribution in [0, 0.1) is 11.3 Å². The fraction of sp³-hybridized carbons (Fsp3) is 0.0714. The van der Waals surface area contributed by atoms with Crippen LogP contribution in [0.5, 0.6) is 0 Å². The molecular weight excluding hydrogens is 242 g/mol. The Morgan fingerprint density at radius 1 is 1.47 bits per heavy atom. The SMILES string of the molecule is N#Cc1cccc(C(=CC(=O)O)Cn2cccn2)c1. The Labute approximate surface area is 110 Å². The highest BCUT2D eigenvalue weighted by atomic mass is 16.4. The molecule has 0 spiro atoms. The first-order valence-corrected chi connectivity index (χ1v) is 5.60. The summed E-state index contributed by atoms with van der Waals surface area (Å²) in [7, 11) is 0. The molecule has 0 aliphatic heterocycles. The predicted octanol–water partition coefficient (Wildman–Crippen LogP) is 1.92. The van der Waals surface area contributed by atoms with Gasteiger partial charge in [0.05, 0.1) is 18.2 Å². The van der Waals surface area contributed by atoms with E-state index in [0.717, 1.165) is 6.08 Å². The molecule has 0 bridgehead atoms. The summed E-state index contributed by atoms with van der Waals surface area (Å²) in [5.41, 5.74) is 1.79. The van der Waals surface area contributed by atoms with Crippen LogP contribution in [0.25, 0.3) is 5.57 Å². The molecule has 2 aromatic rings. The van der Waals surface area contributed by atoms with E-state index in [4.69, 9.17) is 10.4 Å². The molecule has 0 amide bonds. The first-order chi connectivity index (χ1) is 9.19. The smallest absolute Gasteiger partial charge is 0.328 e. The van der Waals surface area contributed by atoms with Crippen LogP contribution in [0.1, 0.15) is 11.1 Å². The second kappa shape index (κ2) is 5.65. The largest absolute Gasteiger partial charge is 0.478 e. The molecule has 94 valence electrons. The Morgan fingerprint density at radius 3 is 2.95 bits per heavy atom. The van der Waals surface area contributed by atoms with Gasteiger partial charge in [0, 0.05) is 18.5 Å². The lowest BCUT2D eigenvalue weighted by atomic mass is 10.0. The molecule has 5 heteroatoms. The molecule has 0 atom stereocenters. The van der Waals surface area contributed by atoms with Crippen LogP contribution in [0.2, 0.25) is 0 Å². The van der Waals surface area contributed by atoms with Gasteiger partial charge in [-0.25, -0.2) is 4.79 Å². The number of nitrogens with zero attached hydrogens (tertiary/aromatic N) is 3. The van der Waals surface area contributed by atoms with Crippen LogP contribution in [0.3, 0.4) is 0 Å². The molecule has 1 aromatic heterocycles. The Hall–Kier alpha value is -2.87. The van der Waals surface area contributed by atoms with Gasteiger partial charge in [-0.1, -0.05) is 12.1 Å². The minimum Gasteiger partial charge on any atom is -0.478 e. The summed E-state index contributed by atoms with van der Waals surface area (Å²) in [6.45, 7) is 0.341. The van der Waals surface area contributed by atoms with Gasteiger partial charge < -0.3 is 5.11 Å². The number of carboxylic acid groups (broad SMARTS) is 1. The van der Waals surface area contributed by atoms with Gasteiger partial charge in [-0.15, -0.1) is 0 Å². The number of aliphatic carboxylic acids is 1. The van der Waals surface area contributed by atoms with E-state index in [2.05, 4.69) is 5.10 Å². The minimum absolute atomic E-state index is 0.341. The maximum atomic E-state index is 10.9. The predicted molar refractivity (Wildman–Crippen MR) is 69.0 cm³/mol. The molecular formula is C14H11N3O2. The molecule has 0 fully saturated rings. The fourth-order valence-corrected chi connectivity index (χ4v) is 1.73. The van der Waals surface area contributed by atoms with Gasteiger partial charge in [-0.3, -0.25) is 4.68 Å². The third kappa shape index (κ3) is 3.30. The number of carboxylic acids is 1. The highest BCUT2D eigenvalue weighted by Crippen LogP contribution is 2.17. The molecule has 1 heterocycles. The van der Waals surface area contributed by atoms with Gasteiger partial charge in [0.15, 0.2) is 0 Å². The van der Waals surface area contributed by atoms with Crippen molar-refractivity contribution < 1.29 is 9.90 Å². The fourth-order valence-electron chi connectivity index (χ4n) is 1.73. The Kier molecular flexibility index (Phi) is 3.74. The Balaban J connectivity index is 2.37. The maximum Gasteiger partial charge on any atom is 0.328 e. The normalized spacial score (nSPS) is 11.0. The van der Waals surface area contributed by atoms with Gasteiger partial charge in [-0.05, 0) is 29.3 Å². The van der Waals surface area contributed by atoms with E-state index in [1.54, 1.807) is 47.4 Å². The zero-order valence-corrected chi connectivity index (χ0v) is 10.0. The van der Waals surface area contributed by atoms with Crippen molar-refractivity contribution in [2.24, 2.45) is 0 Å². The van der Waals surface area contributed by atoms with Gasteiger partial charge in [-0.2, -0.15) is 10.4 Å². The van der Waals surface area contributed by atoms with E-state index in [9.17, 15) is 4.79 Å². The summed E-state index contributed by atoms with van der Waals surface area (Å²) in [5.74, 6) is -1.02. The lowest BCUT2D eigenvalue weighted by Crippen LogP contribution is -2.03. The van der Waals surface area contributed by atoms with E-state index in [-0.39, 0.29) is 0 Å². The number of hydrogen-bond donors (Lipinski definition) is 1. The minimum atomic E-state index is -1.02. The Morgan fingerprint density at radius 2 is 2.32 bits per heavy atom. The molecule has 0 aliphatic carbocycles. The summed E-state index contributed by atoms with van der Waals surface area (Å²) in [4.78, 5) is 10.9. The van der Waals surface area contributed by atoms with E-state index >= 15 is 0 Å². The van der Waals surface area contributed by atoms with Crippen LogP contribution in [0.15, 0.2) is 48.8 Å². The van der Waals surface area contributed by atoms with Crippen molar-refractivity contribution in [3.8, 4) is 6.07 Å². The second-order valence-electron chi connectivity index (χ2n) is 3.90. The molecule has 2 rings (SSSR count). The summed E-state index contributed by atoms with van der Waals surface area (Å²) in [6, 6.07) is 10.7. The summed E-state index contributed by atoms with van der Waals surface area (Å²) in [5, 5.41) is 21.9. The van der Waals surface area contributed by atoms with Crippen molar-refractivity contribution in [3.63, 3.8) is 0 Å². The van der Waals surface area contributed by atoms with Gasteiger partial charge in [0.25, 0.3) is 0 Å². The topological polar surface area (TPSA) is 78.9 Å². The van der Waals surface area contributed by atoms with Crippen LogP contribution in [-0.4, -0.2) is 20.9 Å². The lowest BCUT2D eigenvalue weighted by Gasteiger charge is -2.08. The molecule has 0 radical (unpaired) electrons.